The molecule has 0 radical (unpaired) electrons. The molecule has 0 aromatic carbocycles. The average Bonchev–Trinajstić information content (AvgIpc) is 3.07. The third-order valence-corrected chi connectivity index (χ3v) is 3.68. The summed E-state index contributed by atoms with van der Waals surface area (Å²) in [6.45, 7) is 1.43. The van der Waals surface area contributed by atoms with Gasteiger partial charge in [-0.05, 0) is 23.3 Å². The Morgan fingerprint density at radius 3 is 2.90 bits per heavy atom. The van der Waals surface area contributed by atoms with E-state index in [-0.39, 0.29) is 11.8 Å². The van der Waals surface area contributed by atoms with Crippen molar-refractivity contribution in [3.8, 4) is 0 Å². The molecule has 2 aromatic heterocycles. The highest BCUT2D eigenvalue weighted by Gasteiger charge is 2.28. The second kappa shape index (κ2) is 5.03. The predicted octanol–water partition coefficient (Wildman–Crippen LogP) is -0.0366. The van der Waals surface area contributed by atoms with E-state index in [1.165, 1.54) is 0 Å². The first-order chi connectivity index (χ1) is 9.65. The second-order valence-electron chi connectivity index (χ2n) is 5.15. The summed E-state index contributed by atoms with van der Waals surface area (Å²) in [5.41, 5.74) is 0.629. The van der Waals surface area contributed by atoms with E-state index < -0.39 is 0 Å². The molecule has 1 fully saturated rings. The van der Waals surface area contributed by atoms with Gasteiger partial charge in [0.2, 0.25) is 0 Å². The van der Waals surface area contributed by atoms with Crippen molar-refractivity contribution in [3.05, 3.63) is 23.8 Å². The zero-order valence-corrected chi connectivity index (χ0v) is 11.6. The first-order valence-electron chi connectivity index (χ1n) is 6.65. The number of aromatic nitrogens is 6. The SMILES string of the molecule is Cn1cc(C(=O)N2CCCC(c3nnnn3C)C2)cn1. The molecular formula is C12H17N7O. The van der Waals surface area contributed by atoms with Crippen molar-refractivity contribution >= 4 is 5.91 Å². The fourth-order valence-electron chi connectivity index (χ4n) is 2.67. The molecule has 0 bridgehead atoms. The number of hydrogen-bond donors (Lipinski definition) is 0. The van der Waals surface area contributed by atoms with E-state index in [0.717, 1.165) is 25.2 Å². The number of tetrazole rings is 1. The highest BCUT2D eigenvalue weighted by molar-refractivity contribution is 5.93. The van der Waals surface area contributed by atoms with Crippen LogP contribution in [0.4, 0.5) is 0 Å². The summed E-state index contributed by atoms with van der Waals surface area (Å²) in [4.78, 5) is 14.3. The molecule has 1 aliphatic rings. The third kappa shape index (κ3) is 2.28. The molecule has 1 saturated heterocycles. The van der Waals surface area contributed by atoms with Gasteiger partial charge in [-0.3, -0.25) is 9.48 Å². The van der Waals surface area contributed by atoms with Gasteiger partial charge >= 0.3 is 0 Å². The van der Waals surface area contributed by atoms with Gasteiger partial charge < -0.3 is 4.90 Å². The van der Waals surface area contributed by atoms with Gasteiger partial charge in [0.1, 0.15) is 0 Å². The van der Waals surface area contributed by atoms with Crippen molar-refractivity contribution in [1.82, 2.24) is 34.9 Å². The molecule has 8 heteroatoms. The molecule has 3 heterocycles. The van der Waals surface area contributed by atoms with Crippen LogP contribution in [0, 0.1) is 0 Å². The summed E-state index contributed by atoms with van der Waals surface area (Å²) in [6.07, 6.45) is 5.32. The standard InChI is InChI=1S/C12H17N7O/c1-17-7-10(6-13-17)12(20)19-5-3-4-9(8-19)11-14-15-16-18(11)2/h6-7,9H,3-5,8H2,1-2H3. The predicted molar refractivity (Wildman–Crippen MR) is 69.9 cm³/mol. The van der Waals surface area contributed by atoms with Crippen LogP contribution >= 0.6 is 0 Å². The van der Waals surface area contributed by atoms with Gasteiger partial charge in [-0.15, -0.1) is 5.10 Å². The molecule has 0 N–H and O–H groups in total. The highest BCUT2D eigenvalue weighted by Crippen LogP contribution is 2.25. The molecular weight excluding hydrogens is 258 g/mol. The number of amides is 1. The average molecular weight is 275 g/mol. The zero-order valence-electron chi connectivity index (χ0n) is 11.6. The number of hydrogen-bond acceptors (Lipinski definition) is 5. The molecule has 20 heavy (non-hydrogen) atoms. The van der Waals surface area contributed by atoms with Gasteiger partial charge in [-0.2, -0.15) is 5.10 Å². The topological polar surface area (TPSA) is 81.7 Å². The molecule has 1 unspecified atom stereocenters. The largest absolute Gasteiger partial charge is 0.338 e. The molecule has 1 atom stereocenters. The Balaban J connectivity index is 1.75. The second-order valence-corrected chi connectivity index (χ2v) is 5.15. The number of aryl methyl sites for hydroxylation is 2. The Hall–Kier alpha value is -2.25. The Morgan fingerprint density at radius 2 is 2.25 bits per heavy atom. The van der Waals surface area contributed by atoms with Crippen LogP contribution in [0.5, 0.6) is 0 Å². The zero-order chi connectivity index (χ0) is 14.1. The van der Waals surface area contributed by atoms with Gasteiger partial charge in [-0.25, -0.2) is 4.68 Å². The van der Waals surface area contributed by atoms with Crippen LogP contribution in [0.1, 0.15) is 34.9 Å². The summed E-state index contributed by atoms with van der Waals surface area (Å²) >= 11 is 0. The molecule has 2 aromatic rings. The number of piperidine rings is 1. The molecule has 0 spiro atoms. The minimum atomic E-state index is 0.0259. The first kappa shape index (κ1) is 12.8. The van der Waals surface area contributed by atoms with E-state index in [9.17, 15) is 4.79 Å². The van der Waals surface area contributed by atoms with Crippen LogP contribution in [0.15, 0.2) is 12.4 Å². The lowest BCUT2D eigenvalue weighted by molar-refractivity contribution is 0.0703. The van der Waals surface area contributed by atoms with E-state index in [1.54, 1.807) is 28.8 Å². The summed E-state index contributed by atoms with van der Waals surface area (Å²) in [5.74, 6) is 1.07. The molecule has 8 nitrogen and oxygen atoms in total. The molecule has 0 aliphatic carbocycles. The number of likely N-dealkylation sites (tertiary alicyclic amines) is 1. The number of carbonyl (C=O) groups excluding carboxylic acids is 1. The van der Waals surface area contributed by atoms with Gasteiger partial charge in [0.15, 0.2) is 5.82 Å². The lowest BCUT2D eigenvalue weighted by Gasteiger charge is -2.31. The van der Waals surface area contributed by atoms with E-state index in [1.807, 2.05) is 11.9 Å². The minimum absolute atomic E-state index is 0.0259. The first-order valence-corrected chi connectivity index (χ1v) is 6.65. The summed E-state index contributed by atoms with van der Waals surface area (Å²) in [6, 6.07) is 0. The smallest absolute Gasteiger partial charge is 0.257 e. The fourth-order valence-corrected chi connectivity index (χ4v) is 2.67. The van der Waals surface area contributed by atoms with Crippen LogP contribution in [0.3, 0.4) is 0 Å². The van der Waals surface area contributed by atoms with Crippen LogP contribution < -0.4 is 0 Å². The third-order valence-electron chi connectivity index (χ3n) is 3.68. The normalized spacial score (nSPS) is 19.3. The maximum atomic E-state index is 12.4. The van der Waals surface area contributed by atoms with Crippen LogP contribution in [0.2, 0.25) is 0 Å². The molecule has 3 rings (SSSR count). The molecule has 0 saturated carbocycles. The van der Waals surface area contributed by atoms with Crippen molar-refractivity contribution in [2.75, 3.05) is 13.1 Å². The van der Waals surface area contributed by atoms with Gasteiger partial charge in [0, 0.05) is 39.3 Å². The van der Waals surface area contributed by atoms with Crippen molar-refractivity contribution < 1.29 is 4.79 Å². The van der Waals surface area contributed by atoms with E-state index in [0.29, 0.717) is 12.1 Å². The Labute approximate surface area is 116 Å². The van der Waals surface area contributed by atoms with Crippen molar-refractivity contribution in [1.29, 1.82) is 0 Å². The van der Waals surface area contributed by atoms with Crippen LogP contribution in [0.25, 0.3) is 0 Å². The maximum Gasteiger partial charge on any atom is 0.257 e. The Bertz CT molecular complexity index is 617. The number of rotatable bonds is 2. The summed E-state index contributed by atoms with van der Waals surface area (Å²) < 4.78 is 3.32. The maximum absolute atomic E-state index is 12.4. The van der Waals surface area contributed by atoms with Crippen LogP contribution in [-0.2, 0) is 14.1 Å². The van der Waals surface area contributed by atoms with E-state index in [2.05, 4.69) is 20.6 Å². The highest BCUT2D eigenvalue weighted by atomic mass is 16.2. The molecule has 1 aliphatic heterocycles. The van der Waals surface area contributed by atoms with E-state index in [4.69, 9.17) is 0 Å². The minimum Gasteiger partial charge on any atom is -0.338 e. The van der Waals surface area contributed by atoms with Gasteiger partial charge in [0.25, 0.3) is 5.91 Å². The molecule has 106 valence electrons. The Kier molecular flexibility index (Phi) is 3.21. The van der Waals surface area contributed by atoms with E-state index >= 15 is 0 Å². The summed E-state index contributed by atoms with van der Waals surface area (Å²) in [7, 11) is 3.64. The Morgan fingerprint density at radius 1 is 1.40 bits per heavy atom. The lowest BCUT2D eigenvalue weighted by Crippen LogP contribution is -2.39. The fraction of sp³-hybridized carbons (Fsp3) is 0.583. The summed E-state index contributed by atoms with van der Waals surface area (Å²) in [5, 5.41) is 15.6. The number of nitrogens with zero attached hydrogens (tertiary/aromatic N) is 7. The van der Waals surface area contributed by atoms with Crippen molar-refractivity contribution in [3.63, 3.8) is 0 Å². The van der Waals surface area contributed by atoms with Crippen LogP contribution in [-0.4, -0.2) is 53.9 Å². The lowest BCUT2D eigenvalue weighted by atomic mass is 9.97. The van der Waals surface area contributed by atoms with Gasteiger partial charge in [0.05, 0.1) is 11.8 Å². The number of carbonyl (C=O) groups is 1. The van der Waals surface area contributed by atoms with Crippen molar-refractivity contribution in [2.24, 2.45) is 14.1 Å². The van der Waals surface area contributed by atoms with Gasteiger partial charge in [-0.1, -0.05) is 0 Å². The monoisotopic (exact) mass is 275 g/mol. The quantitative estimate of drug-likeness (QED) is 0.768. The van der Waals surface area contributed by atoms with Crippen molar-refractivity contribution in [2.45, 2.75) is 18.8 Å². The molecule has 1 amide bonds.